The van der Waals surface area contributed by atoms with Crippen LogP contribution in [0.2, 0.25) is 0 Å². The fourth-order valence-electron chi connectivity index (χ4n) is 3.92. The maximum absolute atomic E-state index is 13.0. The molecule has 3 aromatic rings. The molecule has 2 aromatic carbocycles. The Labute approximate surface area is 205 Å². The predicted molar refractivity (Wildman–Crippen MR) is 136 cm³/mol. The van der Waals surface area contributed by atoms with Crippen LogP contribution in [0, 0.1) is 6.92 Å². The van der Waals surface area contributed by atoms with Gasteiger partial charge in [0.15, 0.2) is 0 Å². The van der Waals surface area contributed by atoms with Gasteiger partial charge in [-0.3, -0.25) is 4.79 Å². The predicted octanol–water partition coefficient (Wildman–Crippen LogP) is 4.25. The van der Waals surface area contributed by atoms with E-state index < -0.39 is 10.0 Å². The van der Waals surface area contributed by atoms with E-state index in [1.165, 1.54) is 16.1 Å². The molecular weight excluding hydrogens is 470 g/mol. The molecule has 0 spiro atoms. The van der Waals surface area contributed by atoms with E-state index in [0.717, 1.165) is 33.6 Å². The fraction of sp³-hybridized carbons (Fsp3) is 0.360. The Hall–Kier alpha value is -2.46. The van der Waals surface area contributed by atoms with E-state index in [9.17, 15) is 13.2 Å². The molecule has 0 aliphatic carbocycles. The van der Waals surface area contributed by atoms with Gasteiger partial charge >= 0.3 is 0 Å². The number of para-hydroxylation sites is 1. The highest BCUT2D eigenvalue weighted by atomic mass is 32.2. The standard InChI is InChI=1S/C25H29N3O4S2/c1-4-19-7-5-6-8-22(19)27-25(29)18(3)33-24-15-17(2)21-16-20(9-10-23(21)26-24)34(30,31)28-11-13-32-14-12-28/h5-10,15-16,18H,4,11-14H2,1-3H3,(H,27,29). The summed E-state index contributed by atoms with van der Waals surface area (Å²) in [5.41, 5.74) is 3.54. The highest BCUT2D eigenvalue weighted by Gasteiger charge is 2.27. The molecule has 0 radical (unpaired) electrons. The molecule has 0 saturated carbocycles. The van der Waals surface area contributed by atoms with Crippen molar-refractivity contribution in [3.05, 3.63) is 59.7 Å². The van der Waals surface area contributed by atoms with Crippen molar-refractivity contribution in [2.45, 2.75) is 42.4 Å². The number of rotatable bonds is 7. The number of carbonyl (C=O) groups is 1. The van der Waals surface area contributed by atoms with Crippen molar-refractivity contribution in [1.82, 2.24) is 9.29 Å². The van der Waals surface area contributed by atoms with Crippen LogP contribution in [-0.4, -0.2) is 55.2 Å². The third-order valence-electron chi connectivity index (χ3n) is 5.89. The Morgan fingerprint density at radius 3 is 2.65 bits per heavy atom. The zero-order valence-corrected chi connectivity index (χ0v) is 21.2. The molecule has 34 heavy (non-hydrogen) atoms. The number of aromatic nitrogens is 1. The maximum Gasteiger partial charge on any atom is 0.243 e. The lowest BCUT2D eigenvalue weighted by molar-refractivity contribution is -0.115. The van der Waals surface area contributed by atoms with Crippen molar-refractivity contribution < 1.29 is 17.9 Å². The molecule has 1 amide bonds. The van der Waals surface area contributed by atoms with Gasteiger partial charge in [0, 0.05) is 24.2 Å². The van der Waals surface area contributed by atoms with Gasteiger partial charge in [-0.2, -0.15) is 4.31 Å². The first-order chi connectivity index (χ1) is 16.3. The molecule has 2 heterocycles. The molecular formula is C25H29N3O4S2. The number of carbonyl (C=O) groups excluding carboxylic acids is 1. The van der Waals surface area contributed by atoms with Crippen LogP contribution < -0.4 is 5.32 Å². The van der Waals surface area contributed by atoms with E-state index in [-0.39, 0.29) is 16.1 Å². The van der Waals surface area contributed by atoms with Crippen LogP contribution in [0.15, 0.2) is 58.5 Å². The number of thioether (sulfide) groups is 1. The molecule has 0 bridgehead atoms. The number of nitrogens with one attached hydrogen (secondary N) is 1. The Morgan fingerprint density at radius 1 is 1.18 bits per heavy atom. The summed E-state index contributed by atoms with van der Waals surface area (Å²) in [6.07, 6.45) is 0.840. The molecule has 1 aliphatic rings. The first-order valence-corrected chi connectivity index (χ1v) is 13.7. The molecule has 1 atom stereocenters. The lowest BCUT2D eigenvalue weighted by Gasteiger charge is -2.26. The molecule has 4 rings (SSSR count). The van der Waals surface area contributed by atoms with Crippen molar-refractivity contribution in [1.29, 1.82) is 0 Å². The number of aryl methyl sites for hydroxylation is 2. The number of amides is 1. The minimum atomic E-state index is -3.58. The van der Waals surface area contributed by atoms with Gasteiger partial charge in [-0.15, -0.1) is 0 Å². The molecule has 1 saturated heterocycles. The number of nitrogens with zero attached hydrogens (tertiary/aromatic N) is 2. The Morgan fingerprint density at radius 2 is 1.91 bits per heavy atom. The van der Waals surface area contributed by atoms with E-state index in [4.69, 9.17) is 4.74 Å². The van der Waals surface area contributed by atoms with Crippen molar-refractivity contribution >= 4 is 44.3 Å². The normalized spacial score (nSPS) is 15.9. The van der Waals surface area contributed by atoms with Gasteiger partial charge in [-0.05, 0) is 61.7 Å². The molecule has 1 aliphatic heterocycles. The average Bonchev–Trinajstić information content (AvgIpc) is 2.84. The summed E-state index contributed by atoms with van der Waals surface area (Å²) in [6.45, 7) is 7.37. The summed E-state index contributed by atoms with van der Waals surface area (Å²) in [5, 5.41) is 4.18. The second-order valence-corrected chi connectivity index (χ2v) is 11.5. The smallest absolute Gasteiger partial charge is 0.243 e. The SMILES string of the molecule is CCc1ccccc1NC(=O)C(C)Sc1cc(C)c2cc(S(=O)(=O)N3CCOCC3)ccc2n1. The van der Waals surface area contributed by atoms with E-state index in [1.54, 1.807) is 18.2 Å². The molecule has 9 heteroatoms. The van der Waals surface area contributed by atoms with Crippen LogP contribution >= 0.6 is 11.8 Å². The molecule has 7 nitrogen and oxygen atoms in total. The highest BCUT2D eigenvalue weighted by molar-refractivity contribution is 8.00. The number of fused-ring (bicyclic) bond motifs is 1. The quantitative estimate of drug-likeness (QED) is 0.489. The maximum atomic E-state index is 13.0. The number of hydrogen-bond acceptors (Lipinski definition) is 6. The van der Waals surface area contributed by atoms with Gasteiger partial charge in [0.05, 0.1) is 33.9 Å². The minimum Gasteiger partial charge on any atom is -0.379 e. The van der Waals surface area contributed by atoms with Crippen LogP contribution in [0.1, 0.15) is 25.0 Å². The number of anilines is 1. The third kappa shape index (κ3) is 5.27. The van der Waals surface area contributed by atoms with Crippen LogP contribution in [0.5, 0.6) is 0 Å². The van der Waals surface area contributed by atoms with Gasteiger partial charge < -0.3 is 10.1 Å². The van der Waals surface area contributed by atoms with Crippen LogP contribution in [0.3, 0.4) is 0 Å². The number of benzene rings is 2. The Balaban J connectivity index is 1.53. The van der Waals surface area contributed by atoms with Gasteiger partial charge in [-0.1, -0.05) is 36.9 Å². The van der Waals surface area contributed by atoms with Crippen molar-refractivity contribution in [2.75, 3.05) is 31.6 Å². The lowest BCUT2D eigenvalue weighted by atomic mass is 10.1. The monoisotopic (exact) mass is 499 g/mol. The zero-order valence-electron chi connectivity index (χ0n) is 19.6. The summed E-state index contributed by atoms with van der Waals surface area (Å²) < 4.78 is 32.8. The van der Waals surface area contributed by atoms with Crippen LogP contribution in [-0.2, 0) is 26.0 Å². The van der Waals surface area contributed by atoms with Gasteiger partial charge in [0.25, 0.3) is 0 Å². The van der Waals surface area contributed by atoms with Gasteiger partial charge in [-0.25, -0.2) is 13.4 Å². The topological polar surface area (TPSA) is 88.6 Å². The highest BCUT2D eigenvalue weighted by Crippen LogP contribution is 2.30. The van der Waals surface area contributed by atoms with Gasteiger partial charge in [0.2, 0.25) is 15.9 Å². The van der Waals surface area contributed by atoms with E-state index in [1.807, 2.05) is 44.2 Å². The number of pyridine rings is 1. The minimum absolute atomic E-state index is 0.0857. The summed E-state index contributed by atoms with van der Waals surface area (Å²) in [5.74, 6) is -0.0857. The summed E-state index contributed by atoms with van der Waals surface area (Å²) in [6, 6.07) is 14.7. The van der Waals surface area contributed by atoms with Crippen molar-refractivity contribution in [2.24, 2.45) is 0 Å². The Bertz CT molecular complexity index is 1300. The lowest BCUT2D eigenvalue weighted by Crippen LogP contribution is -2.40. The largest absolute Gasteiger partial charge is 0.379 e. The molecule has 180 valence electrons. The molecule has 1 fully saturated rings. The molecule has 1 aromatic heterocycles. The van der Waals surface area contributed by atoms with E-state index in [0.29, 0.717) is 31.8 Å². The van der Waals surface area contributed by atoms with Crippen LogP contribution in [0.4, 0.5) is 5.69 Å². The third-order valence-corrected chi connectivity index (χ3v) is 8.81. The number of ether oxygens (including phenoxy) is 1. The molecule has 1 unspecified atom stereocenters. The first kappa shape index (κ1) is 24.7. The summed E-state index contributed by atoms with van der Waals surface area (Å²) in [7, 11) is -3.58. The number of morpholine rings is 1. The Kier molecular flexibility index (Phi) is 7.57. The van der Waals surface area contributed by atoms with E-state index >= 15 is 0 Å². The zero-order chi connectivity index (χ0) is 24.3. The van der Waals surface area contributed by atoms with Crippen molar-refractivity contribution in [3.63, 3.8) is 0 Å². The second kappa shape index (κ2) is 10.4. The summed E-state index contributed by atoms with van der Waals surface area (Å²) >= 11 is 1.38. The van der Waals surface area contributed by atoms with Crippen molar-refractivity contribution in [3.8, 4) is 0 Å². The van der Waals surface area contributed by atoms with Crippen LogP contribution in [0.25, 0.3) is 10.9 Å². The number of hydrogen-bond donors (Lipinski definition) is 1. The van der Waals surface area contributed by atoms with E-state index in [2.05, 4.69) is 17.2 Å². The molecule has 1 N–H and O–H groups in total. The summed E-state index contributed by atoms with van der Waals surface area (Å²) in [4.78, 5) is 17.7. The average molecular weight is 500 g/mol. The van der Waals surface area contributed by atoms with Gasteiger partial charge in [0.1, 0.15) is 0 Å². The second-order valence-electron chi connectivity index (χ2n) is 8.23. The first-order valence-electron chi connectivity index (χ1n) is 11.3. The number of sulfonamides is 1. The fourth-order valence-corrected chi connectivity index (χ4v) is 6.28.